The van der Waals surface area contributed by atoms with Gasteiger partial charge in [-0.25, -0.2) is 16.8 Å². The molecule has 0 aliphatic carbocycles. The van der Waals surface area contributed by atoms with E-state index in [9.17, 15) is 21.6 Å². The molecule has 9 nitrogen and oxygen atoms in total. The van der Waals surface area contributed by atoms with Crippen LogP contribution in [0, 0.1) is 13.8 Å². The number of benzene rings is 2. The summed E-state index contributed by atoms with van der Waals surface area (Å²) in [4.78, 5) is 12.9. The van der Waals surface area contributed by atoms with Crippen LogP contribution >= 0.6 is 0 Å². The Hall–Kier alpha value is -2.63. The van der Waals surface area contributed by atoms with Crippen molar-refractivity contribution < 1.29 is 26.4 Å². The van der Waals surface area contributed by atoms with E-state index in [0.717, 1.165) is 34.5 Å². The van der Waals surface area contributed by atoms with E-state index < -0.39 is 32.0 Å². The van der Waals surface area contributed by atoms with Crippen molar-refractivity contribution in [1.29, 1.82) is 0 Å². The summed E-state index contributed by atoms with van der Waals surface area (Å²) in [5, 5.41) is 2.70. The molecule has 1 aliphatic heterocycles. The number of ether oxygens (including phenoxy) is 1. The van der Waals surface area contributed by atoms with Crippen molar-refractivity contribution in [2.24, 2.45) is 0 Å². The predicted molar refractivity (Wildman–Crippen MR) is 136 cm³/mol. The molecule has 192 valence electrons. The van der Waals surface area contributed by atoms with Crippen LogP contribution in [-0.4, -0.2) is 65.6 Å². The van der Waals surface area contributed by atoms with Gasteiger partial charge in [-0.05, 0) is 81.1 Å². The number of hydrogen-bond acceptors (Lipinski definition) is 6. The van der Waals surface area contributed by atoms with Gasteiger partial charge in [-0.1, -0.05) is 6.07 Å². The summed E-state index contributed by atoms with van der Waals surface area (Å²) in [6.45, 7) is 6.72. The van der Waals surface area contributed by atoms with Crippen LogP contribution in [-0.2, 0) is 24.8 Å². The highest BCUT2D eigenvalue weighted by atomic mass is 32.2. The molecule has 1 amide bonds. The molecule has 2 aromatic carbocycles. The van der Waals surface area contributed by atoms with E-state index in [2.05, 4.69) is 5.32 Å². The molecule has 1 fully saturated rings. The molecule has 0 bridgehead atoms. The van der Waals surface area contributed by atoms with E-state index in [-0.39, 0.29) is 18.0 Å². The maximum atomic E-state index is 12.7. The number of nitrogens with one attached hydrogen (secondary N) is 1. The molecule has 1 saturated heterocycles. The van der Waals surface area contributed by atoms with Crippen molar-refractivity contribution in [2.45, 2.75) is 44.6 Å². The van der Waals surface area contributed by atoms with Gasteiger partial charge in [0, 0.05) is 13.1 Å². The smallest absolute Gasteiger partial charge is 0.243 e. The first-order valence-corrected chi connectivity index (χ1v) is 14.8. The van der Waals surface area contributed by atoms with Crippen LogP contribution < -0.4 is 14.4 Å². The molecular weight excluding hydrogens is 490 g/mol. The fourth-order valence-electron chi connectivity index (χ4n) is 3.95. The zero-order valence-electron chi connectivity index (χ0n) is 20.5. The SMILES string of the molecule is Cc1ccc(N([C@@H](C)C(=O)NCCOc2ccc(S(=O)(=O)N3CCCC3)cc2)S(C)(=O)=O)cc1C. The number of aryl methyl sites for hydroxylation is 2. The van der Waals surface area contributed by atoms with E-state index in [1.165, 1.54) is 23.4 Å². The minimum atomic E-state index is -3.70. The number of rotatable bonds is 10. The normalized spacial score (nSPS) is 15.5. The molecule has 1 atom stereocenters. The van der Waals surface area contributed by atoms with Gasteiger partial charge >= 0.3 is 0 Å². The molecule has 0 spiro atoms. The summed E-state index contributed by atoms with van der Waals surface area (Å²) >= 11 is 0. The van der Waals surface area contributed by atoms with Gasteiger partial charge in [0.05, 0.1) is 23.4 Å². The molecule has 2 aromatic rings. The van der Waals surface area contributed by atoms with E-state index in [1.807, 2.05) is 19.9 Å². The van der Waals surface area contributed by atoms with Gasteiger partial charge in [-0.15, -0.1) is 0 Å². The minimum absolute atomic E-state index is 0.138. The first-order valence-electron chi connectivity index (χ1n) is 11.5. The molecule has 0 radical (unpaired) electrons. The van der Waals surface area contributed by atoms with E-state index in [0.29, 0.717) is 24.5 Å². The average molecular weight is 524 g/mol. The van der Waals surface area contributed by atoms with E-state index in [1.54, 1.807) is 24.3 Å². The van der Waals surface area contributed by atoms with Gasteiger partial charge in [0.2, 0.25) is 26.0 Å². The van der Waals surface area contributed by atoms with Crippen molar-refractivity contribution in [3.8, 4) is 5.75 Å². The summed E-state index contributed by atoms with van der Waals surface area (Å²) in [6, 6.07) is 10.5. The Labute approximate surface area is 208 Å². The van der Waals surface area contributed by atoms with Crippen LogP contribution in [0.15, 0.2) is 47.4 Å². The maximum absolute atomic E-state index is 12.7. The maximum Gasteiger partial charge on any atom is 0.243 e. The fraction of sp³-hybridized carbons (Fsp3) is 0.458. The second-order valence-electron chi connectivity index (χ2n) is 8.73. The molecule has 0 unspecified atom stereocenters. The van der Waals surface area contributed by atoms with Crippen LogP contribution in [0.3, 0.4) is 0 Å². The van der Waals surface area contributed by atoms with Crippen molar-refractivity contribution in [3.05, 3.63) is 53.6 Å². The van der Waals surface area contributed by atoms with Gasteiger partial charge in [0.1, 0.15) is 18.4 Å². The van der Waals surface area contributed by atoms with Crippen LogP contribution in [0.2, 0.25) is 0 Å². The van der Waals surface area contributed by atoms with Crippen molar-refractivity contribution >= 4 is 31.6 Å². The average Bonchev–Trinajstić information content (AvgIpc) is 3.34. The van der Waals surface area contributed by atoms with Crippen LogP contribution in [0.1, 0.15) is 30.9 Å². The largest absolute Gasteiger partial charge is 0.492 e. The van der Waals surface area contributed by atoms with Gasteiger partial charge in [0.25, 0.3) is 0 Å². The third-order valence-electron chi connectivity index (χ3n) is 6.03. The Balaban J connectivity index is 1.55. The first-order chi connectivity index (χ1) is 16.4. The number of anilines is 1. The molecule has 11 heteroatoms. The number of amides is 1. The first kappa shape index (κ1) is 27.0. The van der Waals surface area contributed by atoms with E-state index in [4.69, 9.17) is 4.74 Å². The lowest BCUT2D eigenvalue weighted by Crippen LogP contribution is -2.48. The lowest BCUT2D eigenvalue weighted by molar-refractivity contribution is -0.121. The monoisotopic (exact) mass is 523 g/mol. The summed E-state index contributed by atoms with van der Waals surface area (Å²) in [5.74, 6) is 0.0184. The fourth-order valence-corrected chi connectivity index (χ4v) is 6.63. The second-order valence-corrected chi connectivity index (χ2v) is 12.5. The lowest BCUT2D eigenvalue weighted by atomic mass is 10.1. The number of nitrogens with zero attached hydrogens (tertiary/aromatic N) is 2. The Morgan fingerprint density at radius 1 is 1.03 bits per heavy atom. The Morgan fingerprint density at radius 2 is 1.66 bits per heavy atom. The van der Waals surface area contributed by atoms with E-state index >= 15 is 0 Å². The quantitative estimate of drug-likeness (QED) is 0.479. The molecule has 0 saturated carbocycles. The minimum Gasteiger partial charge on any atom is -0.492 e. The Kier molecular flexibility index (Phi) is 8.45. The molecule has 1 aliphatic rings. The summed E-state index contributed by atoms with van der Waals surface area (Å²) < 4.78 is 58.3. The second kappa shape index (κ2) is 11.0. The van der Waals surface area contributed by atoms with Crippen LogP contribution in [0.4, 0.5) is 5.69 Å². The third-order valence-corrected chi connectivity index (χ3v) is 9.18. The van der Waals surface area contributed by atoms with Crippen LogP contribution in [0.25, 0.3) is 0 Å². The highest BCUT2D eigenvalue weighted by Crippen LogP contribution is 2.24. The molecule has 35 heavy (non-hydrogen) atoms. The molecule has 3 rings (SSSR count). The zero-order valence-corrected chi connectivity index (χ0v) is 22.2. The lowest BCUT2D eigenvalue weighted by Gasteiger charge is -2.28. The number of hydrogen-bond donors (Lipinski definition) is 1. The van der Waals surface area contributed by atoms with Crippen molar-refractivity contribution in [1.82, 2.24) is 9.62 Å². The summed E-state index contributed by atoms with van der Waals surface area (Å²) in [6.07, 6.45) is 2.82. The molecule has 0 aromatic heterocycles. The van der Waals surface area contributed by atoms with Crippen LogP contribution in [0.5, 0.6) is 5.75 Å². The number of sulfonamides is 2. The summed E-state index contributed by atoms with van der Waals surface area (Å²) in [7, 11) is -7.18. The predicted octanol–water partition coefficient (Wildman–Crippen LogP) is 2.44. The topological polar surface area (TPSA) is 113 Å². The molecule has 1 heterocycles. The molecule has 1 N–H and O–H groups in total. The van der Waals surface area contributed by atoms with Crippen molar-refractivity contribution in [3.63, 3.8) is 0 Å². The standard InChI is InChI=1S/C24H33N3O6S2/c1-18-7-8-21(17-19(18)2)27(34(4,29)30)20(3)24(28)25-13-16-33-22-9-11-23(12-10-22)35(31,32)26-14-5-6-15-26/h7-12,17,20H,5-6,13-16H2,1-4H3,(H,25,28)/t20-/m0/s1. The Morgan fingerprint density at radius 3 is 2.23 bits per heavy atom. The van der Waals surface area contributed by atoms with Gasteiger partial charge in [0.15, 0.2) is 0 Å². The third kappa shape index (κ3) is 6.53. The van der Waals surface area contributed by atoms with Crippen molar-refractivity contribution in [2.75, 3.05) is 36.8 Å². The molecular formula is C24H33N3O6S2. The van der Waals surface area contributed by atoms with Gasteiger partial charge in [-0.2, -0.15) is 4.31 Å². The number of carbonyl (C=O) groups is 1. The highest BCUT2D eigenvalue weighted by molar-refractivity contribution is 7.92. The van der Waals surface area contributed by atoms with Gasteiger partial charge < -0.3 is 10.1 Å². The Bertz CT molecular complexity index is 1250. The number of carbonyl (C=O) groups excluding carboxylic acids is 1. The summed E-state index contributed by atoms with van der Waals surface area (Å²) in [5.41, 5.74) is 2.38. The van der Waals surface area contributed by atoms with Gasteiger partial charge in [-0.3, -0.25) is 9.10 Å². The zero-order chi connectivity index (χ0) is 25.8. The highest BCUT2D eigenvalue weighted by Gasteiger charge is 2.29.